The average molecular weight is 270 g/mol. The molecule has 1 fully saturated rings. The molecule has 0 spiro atoms. The van der Waals surface area contributed by atoms with E-state index in [1.54, 1.807) is 5.51 Å². The maximum atomic E-state index is 11.8. The maximum Gasteiger partial charge on any atom is 0.263 e. The van der Waals surface area contributed by atoms with Crippen LogP contribution in [0.15, 0.2) is 5.51 Å². The lowest BCUT2D eigenvalue weighted by atomic mass is 10.4. The van der Waals surface area contributed by atoms with Gasteiger partial charge in [0.15, 0.2) is 0 Å². The molecule has 1 saturated carbocycles. The number of nitrogens with zero attached hydrogens (tertiary/aromatic N) is 1. The molecule has 1 aliphatic rings. The molecule has 1 heterocycles. The molecule has 1 amide bonds. The molecule has 0 saturated heterocycles. The number of amides is 1. The van der Waals surface area contributed by atoms with Crippen LogP contribution in [0.5, 0.6) is 0 Å². The van der Waals surface area contributed by atoms with Gasteiger partial charge in [-0.3, -0.25) is 4.79 Å². The summed E-state index contributed by atoms with van der Waals surface area (Å²) < 4.78 is 0. The highest BCUT2D eigenvalue weighted by molar-refractivity contribution is 7.99. The second-order valence-electron chi connectivity index (χ2n) is 4.30. The second kappa shape index (κ2) is 6.40. The van der Waals surface area contributed by atoms with Gasteiger partial charge in [0.2, 0.25) is 0 Å². The molecule has 5 heteroatoms. The fourth-order valence-electron chi connectivity index (χ4n) is 2.05. The zero-order valence-electron chi connectivity index (χ0n) is 10.1. The van der Waals surface area contributed by atoms with Gasteiger partial charge < -0.3 is 5.32 Å². The minimum absolute atomic E-state index is 0.0250. The molecule has 1 aromatic rings. The summed E-state index contributed by atoms with van der Waals surface area (Å²) in [7, 11) is 0. The van der Waals surface area contributed by atoms with Gasteiger partial charge in [-0.1, -0.05) is 12.8 Å². The standard InChI is InChI=1S/C12H18N2OS2/c1-9-11(17-8-14-9)12(15)13-6-7-16-10-4-2-3-5-10/h8,10H,2-7H2,1H3,(H,13,15). The first kappa shape index (κ1) is 12.9. The molecule has 1 aliphatic carbocycles. The molecule has 0 aliphatic heterocycles. The van der Waals surface area contributed by atoms with E-state index in [4.69, 9.17) is 0 Å². The van der Waals surface area contributed by atoms with E-state index in [1.807, 2.05) is 18.7 Å². The van der Waals surface area contributed by atoms with Crippen LogP contribution >= 0.6 is 23.1 Å². The molecule has 0 aromatic carbocycles. The Hall–Kier alpha value is -0.550. The number of thioether (sulfide) groups is 1. The number of nitrogens with one attached hydrogen (secondary N) is 1. The van der Waals surface area contributed by atoms with Crippen molar-refractivity contribution in [2.45, 2.75) is 37.9 Å². The van der Waals surface area contributed by atoms with Crippen molar-refractivity contribution in [2.75, 3.05) is 12.3 Å². The molecule has 1 aromatic heterocycles. The topological polar surface area (TPSA) is 42.0 Å². The van der Waals surface area contributed by atoms with Crippen LogP contribution < -0.4 is 5.32 Å². The monoisotopic (exact) mass is 270 g/mol. The normalized spacial score (nSPS) is 16.3. The molecule has 94 valence electrons. The SMILES string of the molecule is Cc1ncsc1C(=O)NCCSC1CCCC1. The third-order valence-corrected chi connectivity index (χ3v) is 5.31. The maximum absolute atomic E-state index is 11.8. The highest BCUT2D eigenvalue weighted by atomic mass is 32.2. The number of rotatable bonds is 5. The Morgan fingerprint density at radius 1 is 1.59 bits per heavy atom. The van der Waals surface area contributed by atoms with E-state index >= 15 is 0 Å². The number of hydrogen-bond acceptors (Lipinski definition) is 4. The molecule has 0 bridgehead atoms. The zero-order valence-corrected chi connectivity index (χ0v) is 11.7. The Balaban J connectivity index is 1.65. The van der Waals surface area contributed by atoms with Gasteiger partial charge in [0.1, 0.15) is 4.88 Å². The quantitative estimate of drug-likeness (QED) is 0.837. The van der Waals surface area contributed by atoms with Crippen molar-refractivity contribution in [3.05, 3.63) is 16.1 Å². The summed E-state index contributed by atoms with van der Waals surface area (Å²) >= 11 is 3.41. The van der Waals surface area contributed by atoms with Gasteiger partial charge in [0.25, 0.3) is 5.91 Å². The van der Waals surface area contributed by atoms with Crippen LogP contribution in [0.3, 0.4) is 0 Å². The largest absolute Gasteiger partial charge is 0.350 e. The summed E-state index contributed by atoms with van der Waals surface area (Å²) in [6.07, 6.45) is 5.47. The predicted octanol–water partition coefficient (Wildman–Crippen LogP) is 2.86. The summed E-state index contributed by atoms with van der Waals surface area (Å²) in [5.74, 6) is 1.05. The van der Waals surface area contributed by atoms with Crippen LogP contribution in [0.2, 0.25) is 0 Å². The highest BCUT2D eigenvalue weighted by Crippen LogP contribution is 2.28. The van der Waals surface area contributed by atoms with Crippen LogP contribution in [-0.4, -0.2) is 28.4 Å². The molecular formula is C12H18N2OS2. The van der Waals surface area contributed by atoms with Crippen molar-refractivity contribution in [1.29, 1.82) is 0 Å². The average Bonchev–Trinajstić information content (AvgIpc) is 2.95. The van der Waals surface area contributed by atoms with E-state index < -0.39 is 0 Å². The lowest BCUT2D eigenvalue weighted by Gasteiger charge is -2.08. The van der Waals surface area contributed by atoms with Gasteiger partial charge in [0.05, 0.1) is 11.2 Å². The van der Waals surface area contributed by atoms with Gasteiger partial charge in [-0.2, -0.15) is 11.8 Å². The van der Waals surface area contributed by atoms with Crippen molar-refractivity contribution in [3.8, 4) is 0 Å². The Morgan fingerprint density at radius 2 is 2.35 bits per heavy atom. The summed E-state index contributed by atoms with van der Waals surface area (Å²) in [6, 6.07) is 0. The fourth-order valence-corrected chi connectivity index (χ4v) is 3.98. The number of aromatic nitrogens is 1. The first-order chi connectivity index (χ1) is 8.27. The van der Waals surface area contributed by atoms with Gasteiger partial charge in [-0.15, -0.1) is 11.3 Å². The fraction of sp³-hybridized carbons (Fsp3) is 0.667. The Labute approximate surface area is 110 Å². The third kappa shape index (κ3) is 3.71. The third-order valence-electron chi connectivity index (χ3n) is 3.00. The summed E-state index contributed by atoms with van der Waals surface area (Å²) in [5.41, 5.74) is 2.55. The molecule has 0 radical (unpaired) electrons. The Bertz CT molecular complexity index is 372. The van der Waals surface area contributed by atoms with E-state index in [9.17, 15) is 4.79 Å². The zero-order chi connectivity index (χ0) is 12.1. The number of carbonyl (C=O) groups excluding carboxylic acids is 1. The van der Waals surface area contributed by atoms with Crippen molar-refractivity contribution in [3.63, 3.8) is 0 Å². The second-order valence-corrected chi connectivity index (χ2v) is 6.56. The van der Waals surface area contributed by atoms with Crippen molar-refractivity contribution in [1.82, 2.24) is 10.3 Å². The molecular weight excluding hydrogens is 252 g/mol. The van der Waals surface area contributed by atoms with Crippen molar-refractivity contribution in [2.24, 2.45) is 0 Å². The van der Waals surface area contributed by atoms with Gasteiger partial charge in [0, 0.05) is 17.5 Å². The van der Waals surface area contributed by atoms with Crippen LogP contribution in [0.4, 0.5) is 0 Å². The van der Waals surface area contributed by atoms with E-state index in [0.717, 1.165) is 28.1 Å². The minimum atomic E-state index is 0.0250. The van der Waals surface area contributed by atoms with E-state index in [-0.39, 0.29) is 5.91 Å². The summed E-state index contributed by atoms with van der Waals surface area (Å²) in [6.45, 7) is 2.63. The van der Waals surface area contributed by atoms with E-state index in [1.165, 1.54) is 37.0 Å². The van der Waals surface area contributed by atoms with Gasteiger partial charge in [-0.05, 0) is 19.8 Å². The molecule has 3 nitrogen and oxygen atoms in total. The molecule has 0 atom stereocenters. The van der Waals surface area contributed by atoms with Crippen LogP contribution in [-0.2, 0) is 0 Å². The first-order valence-corrected chi connectivity index (χ1v) is 8.00. The van der Waals surface area contributed by atoms with Crippen LogP contribution in [0, 0.1) is 6.92 Å². The van der Waals surface area contributed by atoms with Crippen LogP contribution in [0.25, 0.3) is 0 Å². The molecule has 2 rings (SSSR count). The number of hydrogen-bond donors (Lipinski definition) is 1. The number of aryl methyl sites for hydroxylation is 1. The van der Waals surface area contributed by atoms with Crippen LogP contribution in [0.1, 0.15) is 41.0 Å². The molecule has 0 unspecified atom stereocenters. The summed E-state index contributed by atoms with van der Waals surface area (Å²) in [5, 5.41) is 3.79. The Kier molecular flexibility index (Phi) is 4.86. The number of carbonyl (C=O) groups is 1. The Morgan fingerprint density at radius 3 is 3.00 bits per heavy atom. The predicted molar refractivity (Wildman–Crippen MR) is 73.9 cm³/mol. The van der Waals surface area contributed by atoms with Gasteiger partial charge >= 0.3 is 0 Å². The van der Waals surface area contributed by atoms with E-state index in [0.29, 0.717) is 0 Å². The molecule has 17 heavy (non-hydrogen) atoms. The molecule has 1 N–H and O–H groups in total. The number of thiazole rings is 1. The van der Waals surface area contributed by atoms with Crippen molar-refractivity contribution < 1.29 is 4.79 Å². The van der Waals surface area contributed by atoms with E-state index in [2.05, 4.69) is 10.3 Å². The summed E-state index contributed by atoms with van der Waals surface area (Å²) in [4.78, 5) is 16.6. The van der Waals surface area contributed by atoms with Gasteiger partial charge in [-0.25, -0.2) is 4.98 Å². The first-order valence-electron chi connectivity index (χ1n) is 6.07. The smallest absolute Gasteiger partial charge is 0.263 e. The lowest BCUT2D eigenvalue weighted by Crippen LogP contribution is -2.26. The lowest BCUT2D eigenvalue weighted by molar-refractivity contribution is 0.0959. The van der Waals surface area contributed by atoms with Crippen molar-refractivity contribution >= 4 is 29.0 Å². The minimum Gasteiger partial charge on any atom is -0.350 e. The highest BCUT2D eigenvalue weighted by Gasteiger charge is 2.15.